The van der Waals surface area contributed by atoms with E-state index in [0.29, 0.717) is 24.3 Å². The molecule has 0 unspecified atom stereocenters. The van der Waals surface area contributed by atoms with Gasteiger partial charge in [0.15, 0.2) is 0 Å². The SMILES string of the molecule is O=C(Cc1cccc(C(F)(F)F)c1)Nc1ccccc1C(=O)N1CCCCC1. The summed E-state index contributed by atoms with van der Waals surface area (Å²) in [5, 5.41) is 2.67. The molecule has 0 radical (unpaired) electrons. The number of alkyl halides is 3. The number of para-hydroxylation sites is 1. The summed E-state index contributed by atoms with van der Waals surface area (Å²) in [6.45, 7) is 1.37. The smallest absolute Gasteiger partial charge is 0.339 e. The number of likely N-dealkylation sites (tertiary alicyclic amines) is 1. The van der Waals surface area contributed by atoms with Crippen LogP contribution in [0.4, 0.5) is 18.9 Å². The molecule has 2 amide bonds. The Hall–Kier alpha value is -2.83. The molecule has 1 N–H and O–H groups in total. The lowest BCUT2D eigenvalue weighted by Gasteiger charge is -2.27. The lowest BCUT2D eigenvalue weighted by molar-refractivity contribution is -0.137. The number of anilines is 1. The molecular weight excluding hydrogens is 369 g/mol. The minimum atomic E-state index is -4.46. The molecule has 1 fully saturated rings. The van der Waals surface area contributed by atoms with Crippen LogP contribution in [-0.2, 0) is 17.4 Å². The molecule has 1 saturated heterocycles. The van der Waals surface area contributed by atoms with E-state index in [-0.39, 0.29) is 17.9 Å². The number of amides is 2. The molecule has 1 aliphatic rings. The first-order valence-electron chi connectivity index (χ1n) is 9.19. The van der Waals surface area contributed by atoms with Crippen molar-refractivity contribution >= 4 is 17.5 Å². The van der Waals surface area contributed by atoms with Crippen LogP contribution in [0.1, 0.15) is 40.7 Å². The van der Waals surface area contributed by atoms with Gasteiger partial charge in [0, 0.05) is 13.1 Å². The van der Waals surface area contributed by atoms with E-state index in [1.54, 1.807) is 29.2 Å². The highest BCUT2D eigenvalue weighted by molar-refractivity contribution is 6.04. The standard InChI is InChI=1S/C21H21F3N2O2/c22-21(23,24)16-8-6-7-15(13-16)14-19(27)25-18-10-3-2-9-17(18)20(28)26-11-4-1-5-12-26/h2-3,6-10,13H,1,4-5,11-12,14H2,(H,25,27). The fourth-order valence-corrected chi connectivity index (χ4v) is 3.28. The van der Waals surface area contributed by atoms with Crippen molar-refractivity contribution in [2.75, 3.05) is 18.4 Å². The number of piperidine rings is 1. The van der Waals surface area contributed by atoms with Gasteiger partial charge in [0.2, 0.25) is 5.91 Å². The molecule has 0 atom stereocenters. The first-order valence-corrected chi connectivity index (χ1v) is 9.19. The van der Waals surface area contributed by atoms with Crippen molar-refractivity contribution in [2.45, 2.75) is 31.9 Å². The van der Waals surface area contributed by atoms with Crippen LogP contribution in [0.2, 0.25) is 0 Å². The van der Waals surface area contributed by atoms with E-state index in [1.165, 1.54) is 12.1 Å². The normalized spacial score (nSPS) is 14.6. The Morgan fingerprint density at radius 2 is 1.68 bits per heavy atom. The number of rotatable bonds is 4. The second-order valence-electron chi connectivity index (χ2n) is 6.82. The Labute approximate surface area is 161 Å². The minimum absolute atomic E-state index is 0.144. The Kier molecular flexibility index (Phi) is 6.02. The molecule has 7 heteroatoms. The average molecular weight is 390 g/mol. The van der Waals surface area contributed by atoms with Gasteiger partial charge in [-0.05, 0) is 43.0 Å². The van der Waals surface area contributed by atoms with Crippen LogP contribution in [0.3, 0.4) is 0 Å². The predicted octanol–water partition coefficient (Wildman–Crippen LogP) is 4.51. The van der Waals surface area contributed by atoms with Crippen LogP contribution in [0, 0.1) is 0 Å². The number of benzene rings is 2. The highest BCUT2D eigenvalue weighted by Crippen LogP contribution is 2.29. The zero-order valence-electron chi connectivity index (χ0n) is 15.3. The molecule has 0 aliphatic carbocycles. The van der Waals surface area contributed by atoms with Gasteiger partial charge >= 0.3 is 6.18 Å². The van der Waals surface area contributed by atoms with Crippen molar-refractivity contribution in [1.82, 2.24) is 4.90 Å². The van der Waals surface area contributed by atoms with Crippen molar-refractivity contribution in [3.05, 3.63) is 65.2 Å². The summed E-state index contributed by atoms with van der Waals surface area (Å²) in [4.78, 5) is 26.9. The Balaban J connectivity index is 1.72. The summed E-state index contributed by atoms with van der Waals surface area (Å²) in [7, 11) is 0. The molecular formula is C21H21F3N2O2. The first-order chi connectivity index (χ1) is 13.3. The Morgan fingerprint density at radius 1 is 0.964 bits per heavy atom. The van der Waals surface area contributed by atoms with E-state index in [0.717, 1.165) is 31.4 Å². The fraction of sp³-hybridized carbons (Fsp3) is 0.333. The number of carbonyl (C=O) groups excluding carboxylic acids is 2. The van der Waals surface area contributed by atoms with Gasteiger partial charge in [-0.25, -0.2) is 0 Å². The monoisotopic (exact) mass is 390 g/mol. The summed E-state index contributed by atoms with van der Waals surface area (Å²) in [5.41, 5.74) is 0.225. The number of halogens is 3. The number of nitrogens with zero attached hydrogens (tertiary/aromatic N) is 1. The molecule has 0 aromatic heterocycles. The highest BCUT2D eigenvalue weighted by Gasteiger charge is 2.30. The molecule has 3 rings (SSSR count). The molecule has 148 valence electrons. The predicted molar refractivity (Wildman–Crippen MR) is 100.0 cm³/mol. The van der Waals surface area contributed by atoms with Gasteiger partial charge in [0.1, 0.15) is 0 Å². The lowest BCUT2D eigenvalue weighted by atomic mass is 10.1. The Bertz CT molecular complexity index is 859. The van der Waals surface area contributed by atoms with Crippen molar-refractivity contribution in [1.29, 1.82) is 0 Å². The topological polar surface area (TPSA) is 49.4 Å². The van der Waals surface area contributed by atoms with E-state index in [2.05, 4.69) is 5.32 Å². The van der Waals surface area contributed by atoms with Gasteiger partial charge in [-0.15, -0.1) is 0 Å². The van der Waals surface area contributed by atoms with Crippen LogP contribution in [-0.4, -0.2) is 29.8 Å². The summed E-state index contributed by atoms with van der Waals surface area (Å²) in [6, 6.07) is 11.4. The highest BCUT2D eigenvalue weighted by atomic mass is 19.4. The lowest BCUT2D eigenvalue weighted by Crippen LogP contribution is -2.36. The van der Waals surface area contributed by atoms with Gasteiger partial charge in [0.05, 0.1) is 23.2 Å². The third kappa shape index (κ3) is 4.91. The number of hydrogen-bond acceptors (Lipinski definition) is 2. The van der Waals surface area contributed by atoms with Crippen LogP contribution < -0.4 is 5.32 Å². The van der Waals surface area contributed by atoms with Gasteiger partial charge < -0.3 is 10.2 Å². The van der Waals surface area contributed by atoms with Crippen LogP contribution in [0.5, 0.6) is 0 Å². The number of nitrogens with one attached hydrogen (secondary N) is 1. The maximum absolute atomic E-state index is 12.8. The largest absolute Gasteiger partial charge is 0.416 e. The third-order valence-corrected chi connectivity index (χ3v) is 4.69. The van der Waals surface area contributed by atoms with Crippen molar-refractivity contribution < 1.29 is 22.8 Å². The minimum Gasteiger partial charge on any atom is -0.339 e. The molecule has 2 aromatic carbocycles. The second kappa shape index (κ2) is 8.46. The van der Waals surface area contributed by atoms with E-state index < -0.39 is 17.6 Å². The maximum atomic E-state index is 12.8. The zero-order chi connectivity index (χ0) is 20.1. The number of carbonyl (C=O) groups is 2. The molecule has 4 nitrogen and oxygen atoms in total. The molecule has 1 aliphatic heterocycles. The maximum Gasteiger partial charge on any atom is 0.416 e. The Morgan fingerprint density at radius 3 is 2.39 bits per heavy atom. The van der Waals surface area contributed by atoms with Crippen molar-refractivity contribution in [3.8, 4) is 0 Å². The molecule has 28 heavy (non-hydrogen) atoms. The van der Waals surface area contributed by atoms with E-state index in [1.807, 2.05) is 0 Å². The van der Waals surface area contributed by atoms with E-state index in [4.69, 9.17) is 0 Å². The second-order valence-corrected chi connectivity index (χ2v) is 6.82. The van der Waals surface area contributed by atoms with Crippen LogP contribution >= 0.6 is 0 Å². The fourth-order valence-electron chi connectivity index (χ4n) is 3.28. The van der Waals surface area contributed by atoms with Crippen molar-refractivity contribution in [2.24, 2.45) is 0 Å². The van der Waals surface area contributed by atoms with E-state index >= 15 is 0 Å². The number of hydrogen-bond donors (Lipinski definition) is 1. The zero-order valence-corrected chi connectivity index (χ0v) is 15.3. The van der Waals surface area contributed by atoms with E-state index in [9.17, 15) is 22.8 Å². The third-order valence-electron chi connectivity index (χ3n) is 4.69. The average Bonchev–Trinajstić information content (AvgIpc) is 2.68. The summed E-state index contributed by atoms with van der Waals surface area (Å²) in [6.07, 6.45) is -1.67. The molecule has 2 aromatic rings. The van der Waals surface area contributed by atoms with Crippen LogP contribution in [0.15, 0.2) is 48.5 Å². The molecule has 0 saturated carbocycles. The van der Waals surface area contributed by atoms with Gasteiger partial charge in [0.25, 0.3) is 5.91 Å². The van der Waals surface area contributed by atoms with Crippen molar-refractivity contribution in [3.63, 3.8) is 0 Å². The summed E-state index contributed by atoms with van der Waals surface area (Å²) < 4.78 is 38.5. The van der Waals surface area contributed by atoms with Gasteiger partial charge in [-0.1, -0.05) is 30.3 Å². The molecule has 1 heterocycles. The quantitative estimate of drug-likeness (QED) is 0.835. The molecule has 0 bridgehead atoms. The summed E-state index contributed by atoms with van der Waals surface area (Å²) in [5.74, 6) is -0.618. The van der Waals surface area contributed by atoms with Crippen LogP contribution in [0.25, 0.3) is 0 Å². The molecule has 0 spiro atoms. The van der Waals surface area contributed by atoms with Gasteiger partial charge in [-0.3, -0.25) is 9.59 Å². The van der Waals surface area contributed by atoms with Gasteiger partial charge in [-0.2, -0.15) is 13.2 Å². The first kappa shape index (κ1) is 19.9. The summed E-state index contributed by atoms with van der Waals surface area (Å²) >= 11 is 0.